The molecule has 0 unspecified atom stereocenters. The fourth-order valence-corrected chi connectivity index (χ4v) is 8.04. The van der Waals surface area contributed by atoms with Crippen molar-refractivity contribution < 1.29 is 0 Å². The van der Waals surface area contributed by atoms with Gasteiger partial charge < -0.3 is 9.47 Å². The first-order valence-electron chi connectivity index (χ1n) is 18.5. The quantitative estimate of drug-likeness (QED) is 0.162. The van der Waals surface area contributed by atoms with Crippen molar-refractivity contribution in [1.29, 1.82) is 0 Å². The Balaban J connectivity index is 1.18. The number of rotatable bonds is 7. The Hall–Kier alpha value is -7.16. The van der Waals surface area contributed by atoms with Crippen molar-refractivity contribution in [3.05, 3.63) is 218 Å². The van der Waals surface area contributed by atoms with E-state index in [1.807, 2.05) is 0 Å². The molecule has 0 radical (unpaired) electrons. The molecular formula is C52H36N2. The molecule has 2 nitrogen and oxygen atoms in total. The molecule has 0 aliphatic heterocycles. The van der Waals surface area contributed by atoms with Gasteiger partial charge in [-0.2, -0.15) is 0 Å². The van der Waals surface area contributed by atoms with Gasteiger partial charge in [0, 0.05) is 33.4 Å². The van der Waals surface area contributed by atoms with Gasteiger partial charge in [0.05, 0.1) is 16.7 Å². The number of benzene rings is 9. The van der Waals surface area contributed by atoms with E-state index >= 15 is 0 Å². The van der Waals surface area contributed by atoms with Crippen molar-refractivity contribution in [2.45, 2.75) is 0 Å². The van der Waals surface area contributed by atoms with Gasteiger partial charge in [0.25, 0.3) is 0 Å². The Bertz CT molecular complexity index is 2920. The Kier molecular flexibility index (Phi) is 7.85. The van der Waals surface area contributed by atoms with Crippen LogP contribution in [0.15, 0.2) is 218 Å². The van der Waals surface area contributed by atoms with Crippen molar-refractivity contribution in [3.8, 4) is 39.1 Å². The second-order valence-corrected chi connectivity index (χ2v) is 13.8. The number of nitrogens with zero attached hydrogens (tertiary/aromatic N) is 2. The van der Waals surface area contributed by atoms with E-state index in [1.54, 1.807) is 0 Å². The fraction of sp³-hybridized carbons (Fsp3) is 0. The highest BCUT2D eigenvalue weighted by atomic mass is 15.1. The zero-order chi connectivity index (χ0) is 35.8. The first-order valence-corrected chi connectivity index (χ1v) is 18.5. The second kappa shape index (κ2) is 13.4. The molecule has 0 aliphatic rings. The summed E-state index contributed by atoms with van der Waals surface area (Å²) in [6, 6.07) is 78.9. The molecule has 2 heteroatoms. The summed E-state index contributed by atoms with van der Waals surface area (Å²) in [6.45, 7) is 0. The number of aromatic nitrogens is 1. The Labute approximate surface area is 315 Å². The minimum absolute atomic E-state index is 1.09. The van der Waals surface area contributed by atoms with Crippen LogP contribution in [0, 0.1) is 0 Å². The maximum absolute atomic E-state index is 2.42. The molecule has 254 valence electrons. The Morgan fingerprint density at radius 1 is 0.315 bits per heavy atom. The lowest BCUT2D eigenvalue weighted by Gasteiger charge is -2.28. The van der Waals surface area contributed by atoms with Gasteiger partial charge in [-0.3, -0.25) is 0 Å². The van der Waals surface area contributed by atoms with Crippen LogP contribution in [-0.2, 0) is 0 Å². The smallest absolute Gasteiger partial charge is 0.0561 e. The predicted octanol–water partition coefficient (Wildman–Crippen LogP) is 14.4. The molecule has 54 heavy (non-hydrogen) atoms. The average Bonchev–Trinajstić information content (AvgIpc) is 3.58. The molecule has 0 fully saturated rings. The molecule has 10 aromatic rings. The molecule has 0 saturated heterocycles. The van der Waals surface area contributed by atoms with Crippen molar-refractivity contribution in [3.63, 3.8) is 0 Å². The molecule has 1 heterocycles. The highest BCUT2D eigenvalue weighted by Crippen LogP contribution is 2.44. The lowest BCUT2D eigenvalue weighted by Crippen LogP contribution is -2.11. The second-order valence-electron chi connectivity index (χ2n) is 13.8. The highest BCUT2D eigenvalue weighted by molar-refractivity contribution is 6.10. The zero-order valence-corrected chi connectivity index (χ0v) is 29.7. The Morgan fingerprint density at radius 3 is 1.65 bits per heavy atom. The van der Waals surface area contributed by atoms with E-state index in [0.29, 0.717) is 0 Å². The maximum atomic E-state index is 2.42. The summed E-state index contributed by atoms with van der Waals surface area (Å²) in [5, 5.41) is 4.94. The van der Waals surface area contributed by atoms with E-state index in [0.717, 1.165) is 22.7 Å². The van der Waals surface area contributed by atoms with Gasteiger partial charge in [-0.1, -0.05) is 164 Å². The van der Waals surface area contributed by atoms with E-state index in [9.17, 15) is 0 Å². The topological polar surface area (TPSA) is 8.17 Å². The van der Waals surface area contributed by atoms with E-state index in [2.05, 4.69) is 228 Å². The molecular weight excluding hydrogens is 653 g/mol. The van der Waals surface area contributed by atoms with Crippen LogP contribution in [0.4, 0.5) is 17.1 Å². The average molecular weight is 689 g/mol. The summed E-state index contributed by atoms with van der Waals surface area (Å²) in [6.07, 6.45) is 0. The van der Waals surface area contributed by atoms with Crippen molar-refractivity contribution in [2.75, 3.05) is 4.90 Å². The SMILES string of the molecule is c1ccc(-c2ccccc2-c2ccc(N(c3ccc4c5ccccc5n(-c5ccccc5)c4c3)c3ccccc3-c3ccc4ccccc4c3)cc2)cc1. The highest BCUT2D eigenvalue weighted by Gasteiger charge is 2.20. The van der Waals surface area contributed by atoms with Crippen LogP contribution >= 0.6 is 0 Å². The van der Waals surface area contributed by atoms with Crippen molar-refractivity contribution >= 4 is 49.6 Å². The third-order valence-corrected chi connectivity index (χ3v) is 10.6. The van der Waals surface area contributed by atoms with E-state index in [1.165, 1.54) is 66.0 Å². The molecule has 0 atom stereocenters. The predicted molar refractivity (Wildman–Crippen MR) is 229 cm³/mol. The van der Waals surface area contributed by atoms with Crippen LogP contribution in [0.5, 0.6) is 0 Å². The number of anilines is 3. The summed E-state index contributed by atoms with van der Waals surface area (Å²) in [7, 11) is 0. The molecule has 9 aromatic carbocycles. The van der Waals surface area contributed by atoms with Crippen LogP contribution in [-0.4, -0.2) is 4.57 Å². The summed E-state index contributed by atoms with van der Waals surface area (Å²) < 4.78 is 2.39. The van der Waals surface area contributed by atoms with Gasteiger partial charge in [-0.25, -0.2) is 0 Å². The fourth-order valence-electron chi connectivity index (χ4n) is 8.04. The first-order chi connectivity index (χ1) is 26.8. The van der Waals surface area contributed by atoms with Crippen LogP contribution in [0.2, 0.25) is 0 Å². The molecule has 1 aromatic heterocycles. The van der Waals surface area contributed by atoms with Crippen LogP contribution in [0.25, 0.3) is 71.6 Å². The molecule has 0 spiro atoms. The van der Waals surface area contributed by atoms with E-state index < -0.39 is 0 Å². The van der Waals surface area contributed by atoms with E-state index in [4.69, 9.17) is 0 Å². The van der Waals surface area contributed by atoms with Gasteiger partial charge in [0.1, 0.15) is 0 Å². The first kappa shape index (κ1) is 31.6. The summed E-state index contributed by atoms with van der Waals surface area (Å²) in [5.41, 5.74) is 14.0. The number of hydrogen-bond acceptors (Lipinski definition) is 1. The third kappa shape index (κ3) is 5.53. The van der Waals surface area contributed by atoms with Crippen LogP contribution < -0.4 is 4.90 Å². The number of hydrogen-bond donors (Lipinski definition) is 0. The van der Waals surface area contributed by atoms with Crippen LogP contribution in [0.3, 0.4) is 0 Å². The van der Waals surface area contributed by atoms with Gasteiger partial charge in [0.2, 0.25) is 0 Å². The van der Waals surface area contributed by atoms with Crippen molar-refractivity contribution in [2.24, 2.45) is 0 Å². The summed E-state index contributed by atoms with van der Waals surface area (Å²) >= 11 is 0. The molecule has 10 rings (SSSR count). The van der Waals surface area contributed by atoms with Crippen molar-refractivity contribution in [1.82, 2.24) is 4.57 Å². The monoisotopic (exact) mass is 688 g/mol. The zero-order valence-electron chi connectivity index (χ0n) is 29.7. The standard InChI is InChI=1S/C52H36N2/c1-3-16-38(17-4-1)45-21-9-10-22-46(45)39-29-31-43(32-30-39)53(50-25-13-11-23-47(50)41-28-27-37-15-7-8-18-40(37)35-41)44-33-34-49-48-24-12-14-26-51(48)54(52(49)36-44)42-19-5-2-6-20-42/h1-36H. The minimum atomic E-state index is 1.09. The van der Waals surface area contributed by atoms with E-state index in [-0.39, 0.29) is 0 Å². The molecule has 0 N–H and O–H groups in total. The lowest BCUT2D eigenvalue weighted by atomic mass is 9.94. The summed E-state index contributed by atoms with van der Waals surface area (Å²) in [4.78, 5) is 2.42. The number of para-hydroxylation sites is 3. The Morgan fingerprint density at radius 2 is 0.870 bits per heavy atom. The summed E-state index contributed by atoms with van der Waals surface area (Å²) in [5.74, 6) is 0. The number of fused-ring (bicyclic) bond motifs is 4. The normalized spacial score (nSPS) is 11.3. The molecule has 0 bridgehead atoms. The lowest BCUT2D eigenvalue weighted by molar-refractivity contribution is 1.18. The van der Waals surface area contributed by atoms with Gasteiger partial charge >= 0.3 is 0 Å². The largest absolute Gasteiger partial charge is 0.310 e. The maximum Gasteiger partial charge on any atom is 0.0561 e. The molecule has 0 saturated carbocycles. The van der Waals surface area contributed by atoms with Crippen LogP contribution in [0.1, 0.15) is 0 Å². The van der Waals surface area contributed by atoms with Gasteiger partial charge in [0.15, 0.2) is 0 Å². The minimum Gasteiger partial charge on any atom is -0.310 e. The van der Waals surface area contributed by atoms with Gasteiger partial charge in [-0.15, -0.1) is 0 Å². The molecule has 0 amide bonds. The third-order valence-electron chi connectivity index (χ3n) is 10.6. The van der Waals surface area contributed by atoms with Gasteiger partial charge in [-0.05, 0) is 93.2 Å². The molecule has 0 aliphatic carbocycles.